The summed E-state index contributed by atoms with van der Waals surface area (Å²) in [5, 5.41) is 36.2. The predicted octanol–water partition coefficient (Wildman–Crippen LogP) is -3.27. The van der Waals surface area contributed by atoms with Gasteiger partial charge in [0.2, 0.25) is 47.3 Å². The summed E-state index contributed by atoms with van der Waals surface area (Å²) in [4.78, 5) is 160. The van der Waals surface area contributed by atoms with E-state index in [-0.39, 0.29) is 17.9 Å². The maximum absolute atomic E-state index is 14.4. The van der Waals surface area contributed by atoms with Crippen LogP contribution in [0, 0.1) is 11.8 Å². The number of nitrogens with zero attached hydrogens (tertiary/aromatic N) is 1. The minimum atomic E-state index is -1.85. The van der Waals surface area contributed by atoms with E-state index in [1.807, 2.05) is 0 Å². The van der Waals surface area contributed by atoms with Crippen LogP contribution in [-0.4, -0.2) is 172 Å². The normalized spacial score (nSPS) is 22.0. The lowest BCUT2D eigenvalue weighted by Crippen LogP contribution is -2.59. The maximum atomic E-state index is 14.4. The number of carbonyl (C=O) groups excluding carboxylic acids is 11. The zero-order valence-corrected chi connectivity index (χ0v) is 42.4. The van der Waals surface area contributed by atoms with Crippen LogP contribution in [0.15, 0.2) is 23.2 Å². The number of hydrogen-bond donors (Lipinski definition) is 11. The molecule has 2 aliphatic rings. The summed E-state index contributed by atoms with van der Waals surface area (Å²) >= 11 is 0.942. The number of likely N-dealkylation sites (tertiary alicyclic amines) is 1. The van der Waals surface area contributed by atoms with Gasteiger partial charge in [0.15, 0.2) is 0 Å². The van der Waals surface area contributed by atoms with E-state index < -0.39 is 177 Å². The van der Waals surface area contributed by atoms with E-state index in [2.05, 4.69) is 36.9 Å². The number of carboxylic acid groups (broad SMARTS) is 1. The fourth-order valence-corrected chi connectivity index (χ4v) is 9.26. The lowest BCUT2D eigenvalue weighted by molar-refractivity contribution is -0.160. The quantitative estimate of drug-likeness (QED) is 0.0547. The van der Waals surface area contributed by atoms with Crippen molar-refractivity contribution in [3.63, 3.8) is 0 Å². The molecule has 4 rings (SSSR count). The highest BCUT2D eigenvalue weighted by atomic mass is 32.2. The van der Waals surface area contributed by atoms with Gasteiger partial charge in [0, 0.05) is 62.4 Å². The molecule has 10 atom stereocenters. The topological polar surface area (TPSA) is 416 Å². The van der Waals surface area contributed by atoms with Crippen LogP contribution < -0.4 is 48.1 Å². The van der Waals surface area contributed by atoms with Gasteiger partial charge in [-0.3, -0.25) is 57.5 Å². The minimum absolute atomic E-state index is 0.141. The summed E-state index contributed by atoms with van der Waals surface area (Å²) in [6.07, 6.45) is -4.37. The third kappa shape index (κ3) is 17.1. The van der Waals surface area contributed by atoms with Crippen LogP contribution >= 0.6 is 11.8 Å². The number of carboxylic acids is 1. The first-order chi connectivity index (χ1) is 34.8. The Morgan fingerprint density at radius 1 is 0.892 bits per heavy atom. The number of fused-ring (bicyclic) bond motifs is 3. The highest BCUT2D eigenvalue weighted by Gasteiger charge is 2.44. The van der Waals surface area contributed by atoms with Gasteiger partial charge in [-0.15, -0.1) is 11.8 Å². The number of benzene rings is 1. The first kappa shape index (κ1) is 59.2. The molecule has 2 aromatic rings. The molecule has 8 amide bonds. The smallest absolute Gasteiger partial charge is 0.308 e. The van der Waals surface area contributed by atoms with Gasteiger partial charge in [-0.05, 0) is 36.1 Å². The Balaban J connectivity index is 1.71. The number of hydrogen-bond acceptors (Lipinski definition) is 18. The van der Waals surface area contributed by atoms with Crippen molar-refractivity contribution >= 4 is 93.8 Å². The number of nitrogens with two attached hydrogens (primary N) is 2. The molecule has 0 spiro atoms. The molecule has 406 valence electrons. The number of carbonyl (C=O) groups is 12. The Bertz CT molecular complexity index is 2490. The van der Waals surface area contributed by atoms with Crippen LogP contribution in [0.3, 0.4) is 0 Å². The van der Waals surface area contributed by atoms with Crippen molar-refractivity contribution in [2.45, 2.75) is 127 Å². The molecule has 1 fully saturated rings. The van der Waals surface area contributed by atoms with Gasteiger partial charge in [0.25, 0.3) is 0 Å². The van der Waals surface area contributed by atoms with Crippen LogP contribution in [0.5, 0.6) is 5.75 Å². The summed E-state index contributed by atoms with van der Waals surface area (Å²) in [5.74, 6) is -12.7. The van der Waals surface area contributed by atoms with E-state index in [1.165, 1.54) is 26.0 Å². The SMILES string of the molecule is CC[C@H](C)[C@@H]1NC(=O)CNC(=O)C(N)Cc2c([nH]c3ccc(OC(C)=O)cc23)SCC(C(=O)NC(CC(N)=O)C(=O)N2CC(O)C[C@H]2C(=O)N[C@H](CC(=O)O)C(C)[C@H](COC(C)=O)OC(C)=O)NC(=O)CNC1=O. The maximum Gasteiger partial charge on any atom is 0.308 e. The highest BCUT2D eigenvalue weighted by molar-refractivity contribution is 7.99. The Hall–Kier alpha value is -7.33. The molecular formula is C46H64N10O17S. The van der Waals surface area contributed by atoms with Crippen LogP contribution in [0.25, 0.3) is 10.9 Å². The molecule has 5 unspecified atom stereocenters. The molecule has 74 heavy (non-hydrogen) atoms. The molecule has 0 aliphatic carbocycles. The molecular weight excluding hydrogens is 997 g/mol. The number of aromatic nitrogens is 1. The molecule has 28 heteroatoms. The Morgan fingerprint density at radius 3 is 2.16 bits per heavy atom. The van der Waals surface area contributed by atoms with Crippen LogP contribution in [0.1, 0.15) is 72.8 Å². The fourth-order valence-electron chi connectivity index (χ4n) is 8.15. The second kappa shape index (κ2) is 27.1. The summed E-state index contributed by atoms with van der Waals surface area (Å²) in [5.41, 5.74) is 12.8. The summed E-state index contributed by atoms with van der Waals surface area (Å²) in [7, 11) is 0. The molecule has 1 saturated heterocycles. The van der Waals surface area contributed by atoms with E-state index in [1.54, 1.807) is 19.9 Å². The van der Waals surface area contributed by atoms with Gasteiger partial charge in [-0.1, -0.05) is 27.2 Å². The molecule has 1 aromatic carbocycles. The second-order valence-corrected chi connectivity index (χ2v) is 19.0. The molecule has 1 aromatic heterocycles. The number of nitrogens with one attached hydrogen (secondary N) is 7. The number of ether oxygens (including phenoxy) is 3. The number of aromatic amines is 1. The highest BCUT2D eigenvalue weighted by Crippen LogP contribution is 2.34. The number of H-pyrrole nitrogens is 1. The van der Waals surface area contributed by atoms with Crippen molar-refractivity contribution in [2.75, 3.05) is 32.0 Å². The number of amides is 8. The van der Waals surface area contributed by atoms with Crippen molar-refractivity contribution in [2.24, 2.45) is 23.3 Å². The van der Waals surface area contributed by atoms with E-state index in [9.17, 15) is 67.7 Å². The van der Waals surface area contributed by atoms with Crippen molar-refractivity contribution < 1.29 is 82.0 Å². The first-order valence-corrected chi connectivity index (χ1v) is 24.5. The van der Waals surface area contributed by atoms with E-state index in [0.29, 0.717) is 27.9 Å². The third-order valence-corrected chi connectivity index (χ3v) is 13.3. The van der Waals surface area contributed by atoms with Crippen molar-refractivity contribution in [1.82, 2.24) is 41.8 Å². The number of aliphatic carboxylic acids is 1. The number of aliphatic hydroxyl groups excluding tert-OH is 1. The number of thioether (sulfide) groups is 1. The van der Waals surface area contributed by atoms with E-state index >= 15 is 0 Å². The van der Waals surface area contributed by atoms with Crippen molar-refractivity contribution in [1.29, 1.82) is 0 Å². The average molecular weight is 1060 g/mol. The number of primary amides is 1. The van der Waals surface area contributed by atoms with Gasteiger partial charge in [-0.25, -0.2) is 0 Å². The largest absolute Gasteiger partial charge is 0.481 e. The molecule has 13 N–H and O–H groups in total. The number of β-amino-alcohol motifs (C(OH)–C–C–N with tert-alkyl or cyclic N) is 1. The Morgan fingerprint density at radius 2 is 1.55 bits per heavy atom. The number of rotatable bonds is 17. The molecule has 2 aliphatic heterocycles. The van der Waals surface area contributed by atoms with Crippen LogP contribution in [0.4, 0.5) is 0 Å². The van der Waals surface area contributed by atoms with Crippen LogP contribution in [-0.2, 0) is 73.4 Å². The van der Waals surface area contributed by atoms with E-state index in [4.69, 9.17) is 25.7 Å². The van der Waals surface area contributed by atoms with Crippen LogP contribution in [0.2, 0.25) is 0 Å². The van der Waals surface area contributed by atoms with Crippen molar-refractivity contribution in [3.8, 4) is 5.75 Å². The summed E-state index contributed by atoms with van der Waals surface area (Å²) in [6, 6.07) is -4.19. The molecule has 0 bridgehead atoms. The Kier molecular flexibility index (Phi) is 21.7. The second-order valence-electron chi connectivity index (χ2n) is 18.0. The van der Waals surface area contributed by atoms with Gasteiger partial charge >= 0.3 is 23.9 Å². The summed E-state index contributed by atoms with van der Waals surface area (Å²) in [6.45, 7) is 5.93. The Labute approximate surface area is 428 Å². The van der Waals surface area contributed by atoms with E-state index in [0.717, 1.165) is 30.5 Å². The number of esters is 3. The van der Waals surface area contributed by atoms with Gasteiger partial charge in [0.05, 0.1) is 43.1 Å². The molecule has 27 nitrogen and oxygen atoms in total. The molecule has 3 heterocycles. The monoisotopic (exact) mass is 1060 g/mol. The standard InChI is InChI=1S/C46H64N10O17S/c1-7-20(2)40-44(69)50-15-37(62)51-33(19-74-45-28(12-29(47)41(66)49-16-38(63)55-40)27-11-26(72-23(5)58)8-9-30(27)54-45)42(67)53-32(13-36(48)61)46(70)56-17-25(60)10-34(56)43(68)52-31(14-39(64)65)21(3)35(73-24(6)59)18-71-22(4)57/h8-9,11,20-21,25,29,31-35,40,54,60H,7,10,12-19,47H2,1-6H3,(H2,48,61)(H,49,66)(H,50,69)(H,51,62)(H,52,68)(H,53,67)(H,55,63)(H,64,65)/t20-,21?,25?,29?,31+,32?,33?,34-,35-,40-/m0/s1. The average Bonchev–Trinajstić information content (AvgIpc) is 3.88. The van der Waals surface area contributed by atoms with Gasteiger partial charge < -0.3 is 77.7 Å². The molecule has 0 radical (unpaired) electrons. The first-order valence-electron chi connectivity index (χ1n) is 23.5. The lowest BCUT2D eigenvalue weighted by atomic mass is 9.92. The zero-order chi connectivity index (χ0) is 55.1. The van der Waals surface area contributed by atoms with Gasteiger partial charge in [-0.2, -0.15) is 0 Å². The van der Waals surface area contributed by atoms with Gasteiger partial charge in [0.1, 0.15) is 42.6 Å². The van der Waals surface area contributed by atoms with Crippen molar-refractivity contribution in [3.05, 3.63) is 23.8 Å². The minimum Gasteiger partial charge on any atom is -0.481 e. The fraction of sp³-hybridized carbons (Fsp3) is 0.565. The number of aliphatic hydroxyl groups is 1. The third-order valence-electron chi connectivity index (χ3n) is 12.2. The zero-order valence-electron chi connectivity index (χ0n) is 41.6. The lowest BCUT2D eigenvalue weighted by Gasteiger charge is -2.33. The predicted molar refractivity (Wildman–Crippen MR) is 259 cm³/mol. The molecule has 0 saturated carbocycles. The summed E-state index contributed by atoms with van der Waals surface area (Å²) < 4.78 is 15.6.